The number of aromatic nitrogens is 5. The lowest BCUT2D eigenvalue weighted by Gasteiger charge is -2.06. The molecular weight excluding hydrogens is 392 g/mol. The van der Waals surface area contributed by atoms with Crippen LogP contribution in [-0.4, -0.2) is 30.6 Å². The summed E-state index contributed by atoms with van der Waals surface area (Å²) >= 11 is 5.91. The molecule has 29 heavy (non-hydrogen) atoms. The third-order valence-corrected chi connectivity index (χ3v) is 4.79. The highest BCUT2D eigenvalue weighted by molar-refractivity contribution is 6.30. The van der Waals surface area contributed by atoms with E-state index in [0.29, 0.717) is 35.3 Å². The highest BCUT2D eigenvalue weighted by Crippen LogP contribution is 2.18. The summed E-state index contributed by atoms with van der Waals surface area (Å²) in [5.41, 5.74) is 3.19. The Morgan fingerprint density at radius 3 is 2.76 bits per heavy atom. The van der Waals surface area contributed by atoms with Gasteiger partial charge in [0.25, 0.3) is 5.91 Å². The number of hydrogen-bond donors (Lipinski definition) is 1. The van der Waals surface area contributed by atoms with Crippen molar-refractivity contribution in [2.24, 2.45) is 0 Å². The molecule has 3 heterocycles. The van der Waals surface area contributed by atoms with Gasteiger partial charge in [-0.05, 0) is 25.0 Å². The summed E-state index contributed by atoms with van der Waals surface area (Å²) in [6, 6.07) is 9.86. The zero-order chi connectivity index (χ0) is 20.4. The van der Waals surface area contributed by atoms with Crippen LogP contribution in [0.5, 0.6) is 0 Å². The highest BCUT2D eigenvalue weighted by Gasteiger charge is 2.21. The van der Waals surface area contributed by atoms with Crippen LogP contribution < -0.4 is 5.32 Å². The predicted molar refractivity (Wildman–Crippen MR) is 108 cm³/mol. The maximum absolute atomic E-state index is 12.7. The summed E-state index contributed by atoms with van der Waals surface area (Å²) in [7, 11) is 0. The van der Waals surface area contributed by atoms with Gasteiger partial charge < -0.3 is 9.84 Å². The molecule has 4 aromatic rings. The first-order chi connectivity index (χ1) is 14.0. The molecule has 3 aromatic heterocycles. The molecule has 0 atom stereocenters. The molecule has 0 spiro atoms. The summed E-state index contributed by atoms with van der Waals surface area (Å²) in [6.07, 6.45) is 5.02. The van der Waals surface area contributed by atoms with Crippen LogP contribution in [0.1, 0.15) is 32.9 Å². The van der Waals surface area contributed by atoms with Crippen LogP contribution in [0.4, 0.5) is 5.82 Å². The molecule has 1 aromatic carbocycles. The van der Waals surface area contributed by atoms with Crippen LogP contribution in [-0.2, 0) is 13.1 Å². The van der Waals surface area contributed by atoms with Crippen molar-refractivity contribution in [1.29, 1.82) is 0 Å². The van der Waals surface area contributed by atoms with Crippen molar-refractivity contribution in [2.75, 3.05) is 5.32 Å². The molecule has 0 fully saturated rings. The Hall–Kier alpha value is -3.39. The van der Waals surface area contributed by atoms with E-state index in [1.807, 2.05) is 18.3 Å². The van der Waals surface area contributed by atoms with E-state index in [1.165, 1.54) is 17.3 Å². The van der Waals surface area contributed by atoms with Crippen LogP contribution in [0, 0.1) is 13.8 Å². The Morgan fingerprint density at radius 2 is 2.00 bits per heavy atom. The number of nitrogens with zero attached hydrogens (tertiary/aromatic N) is 5. The van der Waals surface area contributed by atoms with Gasteiger partial charge in [0.15, 0.2) is 11.5 Å². The van der Waals surface area contributed by atoms with Gasteiger partial charge in [-0.2, -0.15) is 10.2 Å². The number of aryl methyl sites for hydroxylation is 2. The number of nitrogens with one attached hydrogen (secondary N) is 1. The van der Waals surface area contributed by atoms with Gasteiger partial charge in [0.05, 0.1) is 24.3 Å². The lowest BCUT2D eigenvalue weighted by atomic mass is 10.1. The fourth-order valence-electron chi connectivity index (χ4n) is 3.00. The van der Waals surface area contributed by atoms with Crippen molar-refractivity contribution in [1.82, 2.24) is 24.7 Å². The van der Waals surface area contributed by atoms with E-state index in [4.69, 9.17) is 16.1 Å². The molecule has 148 valence electrons. The number of halogens is 1. The van der Waals surface area contributed by atoms with Crippen molar-refractivity contribution < 1.29 is 9.32 Å². The molecule has 9 heteroatoms. The Morgan fingerprint density at radius 1 is 1.17 bits per heavy atom. The van der Waals surface area contributed by atoms with Crippen molar-refractivity contribution in [3.8, 4) is 0 Å². The maximum atomic E-state index is 12.7. The minimum atomic E-state index is -0.392. The van der Waals surface area contributed by atoms with Gasteiger partial charge >= 0.3 is 0 Å². The van der Waals surface area contributed by atoms with E-state index in [2.05, 4.69) is 39.7 Å². The van der Waals surface area contributed by atoms with Crippen LogP contribution in [0.15, 0.2) is 53.4 Å². The molecule has 1 N–H and O–H groups in total. The Bertz CT molecular complexity index is 1160. The van der Waals surface area contributed by atoms with E-state index < -0.39 is 5.91 Å². The smallest absolute Gasteiger partial charge is 0.279 e. The first-order valence-electron chi connectivity index (χ1n) is 9.02. The summed E-state index contributed by atoms with van der Waals surface area (Å²) in [6.45, 7) is 4.76. The molecule has 1 amide bonds. The number of rotatable bonds is 6. The fraction of sp³-hybridized carbons (Fsp3) is 0.200. The molecule has 0 radical (unpaired) electrons. The van der Waals surface area contributed by atoms with Crippen molar-refractivity contribution in [2.45, 2.75) is 26.9 Å². The average Bonchev–Trinajstić information content (AvgIpc) is 3.39. The summed E-state index contributed by atoms with van der Waals surface area (Å²) in [4.78, 5) is 12.7. The van der Waals surface area contributed by atoms with Crippen molar-refractivity contribution in [3.63, 3.8) is 0 Å². The second kappa shape index (κ2) is 7.92. The van der Waals surface area contributed by atoms with E-state index in [-0.39, 0.29) is 5.69 Å². The minimum absolute atomic E-state index is 0.197. The number of carbonyl (C=O) groups is 1. The third-order valence-electron chi connectivity index (χ3n) is 4.60. The molecule has 0 saturated carbocycles. The van der Waals surface area contributed by atoms with Gasteiger partial charge in [-0.3, -0.25) is 14.2 Å². The van der Waals surface area contributed by atoms with Gasteiger partial charge in [-0.25, -0.2) is 0 Å². The topological polar surface area (TPSA) is 90.8 Å². The standard InChI is InChI=1S/C20H19ClN6O2/c1-13-5-3-4-6-15(13)10-26-8-7-18(24-26)23-20(28)19-17(14(2)29-25-19)12-27-11-16(21)9-22-27/h3-9,11H,10,12H2,1-2H3,(H,23,24,28). The van der Waals surface area contributed by atoms with E-state index >= 15 is 0 Å². The zero-order valence-electron chi connectivity index (χ0n) is 16.0. The molecule has 4 rings (SSSR count). The van der Waals surface area contributed by atoms with Gasteiger partial charge in [-0.1, -0.05) is 41.0 Å². The molecule has 0 aliphatic rings. The fourth-order valence-corrected chi connectivity index (χ4v) is 3.15. The van der Waals surface area contributed by atoms with Crippen molar-refractivity contribution >= 4 is 23.3 Å². The lowest BCUT2D eigenvalue weighted by Crippen LogP contribution is -2.16. The van der Waals surface area contributed by atoms with Crippen LogP contribution in [0.2, 0.25) is 5.02 Å². The normalized spacial score (nSPS) is 11.0. The molecule has 0 aliphatic carbocycles. The SMILES string of the molecule is Cc1ccccc1Cn1ccc(NC(=O)c2noc(C)c2Cn2cc(Cl)cn2)n1. The van der Waals surface area contributed by atoms with E-state index in [9.17, 15) is 4.79 Å². The summed E-state index contributed by atoms with van der Waals surface area (Å²) in [5, 5.41) is 15.8. The van der Waals surface area contributed by atoms with Crippen LogP contribution >= 0.6 is 11.6 Å². The molecule has 0 bridgehead atoms. The monoisotopic (exact) mass is 410 g/mol. The van der Waals surface area contributed by atoms with E-state index in [1.54, 1.807) is 28.6 Å². The molecule has 0 aliphatic heterocycles. The lowest BCUT2D eigenvalue weighted by molar-refractivity contribution is 0.101. The largest absolute Gasteiger partial charge is 0.361 e. The quantitative estimate of drug-likeness (QED) is 0.523. The molecule has 0 unspecified atom stereocenters. The minimum Gasteiger partial charge on any atom is -0.361 e. The summed E-state index contributed by atoms with van der Waals surface area (Å²) in [5.74, 6) is 0.598. The zero-order valence-corrected chi connectivity index (χ0v) is 16.7. The predicted octanol–water partition coefficient (Wildman–Crippen LogP) is 3.69. The second-order valence-electron chi connectivity index (χ2n) is 6.70. The van der Waals surface area contributed by atoms with E-state index in [0.717, 1.165) is 0 Å². The Kier molecular flexibility index (Phi) is 5.18. The number of hydrogen-bond acceptors (Lipinski definition) is 5. The third kappa shape index (κ3) is 4.22. The number of benzene rings is 1. The molecular formula is C20H19ClN6O2. The molecule has 8 nitrogen and oxygen atoms in total. The van der Waals surface area contributed by atoms with Gasteiger partial charge in [-0.15, -0.1) is 0 Å². The average molecular weight is 411 g/mol. The molecule has 0 saturated heterocycles. The maximum Gasteiger partial charge on any atom is 0.279 e. The van der Waals surface area contributed by atoms with Crippen LogP contribution in [0.25, 0.3) is 0 Å². The first-order valence-corrected chi connectivity index (χ1v) is 9.40. The van der Waals surface area contributed by atoms with Gasteiger partial charge in [0.1, 0.15) is 5.76 Å². The number of carbonyl (C=O) groups excluding carboxylic acids is 1. The Balaban J connectivity index is 1.48. The summed E-state index contributed by atoms with van der Waals surface area (Å²) < 4.78 is 8.62. The first kappa shape index (κ1) is 18.9. The highest BCUT2D eigenvalue weighted by atomic mass is 35.5. The number of amides is 1. The van der Waals surface area contributed by atoms with Gasteiger partial charge in [0, 0.05) is 24.0 Å². The Labute approximate surface area is 172 Å². The van der Waals surface area contributed by atoms with Gasteiger partial charge in [0.2, 0.25) is 0 Å². The second-order valence-corrected chi connectivity index (χ2v) is 7.14. The van der Waals surface area contributed by atoms with Crippen molar-refractivity contribution in [3.05, 3.63) is 82.1 Å². The van der Waals surface area contributed by atoms with Crippen LogP contribution in [0.3, 0.4) is 0 Å². The number of anilines is 1.